The molecule has 1 aliphatic heterocycles. The SMILES string of the molecule is CC1CCCN(C(=O)c2csc(C#CCCO)c2)CC1. The average Bonchev–Trinajstić information content (AvgIpc) is 2.80. The molecule has 1 aromatic rings. The summed E-state index contributed by atoms with van der Waals surface area (Å²) in [6.45, 7) is 4.06. The van der Waals surface area contributed by atoms with Gasteiger partial charge < -0.3 is 10.0 Å². The van der Waals surface area contributed by atoms with Gasteiger partial charge in [0.2, 0.25) is 0 Å². The standard InChI is InChI=1S/C16H21NO2S/c1-13-5-4-8-17(9-7-13)16(19)14-11-15(20-12-14)6-2-3-10-18/h11-13,18H,3-5,7-10H2,1H3. The van der Waals surface area contributed by atoms with Gasteiger partial charge in [-0.1, -0.05) is 18.8 Å². The van der Waals surface area contributed by atoms with Crippen LogP contribution in [0, 0.1) is 17.8 Å². The maximum Gasteiger partial charge on any atom is 0.254 e. The van der Waals surface area contributed by atoms with Gasteiger partial charge in [-0.15, -0.1) is 11.3 Å². The predicted molar refractivity (Wildman–Crippen MR) is 81.8 cm³/mol. The van der Waals surface area contributed by atoms with E-state index in [-0.39, 0.29) is 12.5 Å². The molecule has 0 radical (unpaired) electrons. The van der Waals surface area contributed by atoms with Crippen LogP contribution in [-0.4, -0.2) is 35.6 Å². The third kappa shape index (κ3) is 4.09. The van der Waals surface area contributed by atoms with Crippen LogP contribution in [0.15, 0.2) is 11.4 Å². The molecule has 1 atom stereocenters. The number of hydrogen-bond acceptors (Lipinski definition) is 3. The highest BCUT2D eigenvalue weighted by Crippen LogP contribution is 2.20. The molecule has 20 heavy (non-hydrogen) atoms. The number of aliphatic hydroxyl groups excluding tert-OH is 1. The van der Waals surface area contributed by atoms with Gasteiger partial charge in [-0.3, -0.25) is 4.79 Å². The number of carbonyl (C=O) groups is 1. The van der Waals surface area contributed by atoms with Crippen LogP contribution in [0.3, 0.4) is 0 Å². The van der Waals surface area contributed by atoms with Crippen LogP contribution >= 0.6 is 11.3 Å². The fourth-order valence-corrected chi connectivity index (χ4v) is 3.12. The zero-order valence-corrected chi connectivity index (χ0v) is 12.7. The van der Waals surface area contributed by atoms with Crippen molar-refractivity contribution in [2.75, 3.05) is 19.7 Å². The van der Waals surface area contributed by atoms with E-state index >= 15 is 0 Å². The number of likely N-dealkylation sites (tertiary alicyclic amines) is 1. The number of thiophene rings is 1. The normalized spacial score (nSPS) is 19.1. The molecule has 1 fully saturated rings. The molecule has 1 aromatic heterocycles. The zero-order chi connectivity index (χ0) is 14.4. The minimum absolute atomic E-state index is 0.0795. The van der Waals surface area contributed by atoms with Crippen LogP contribution in [0.2, 0.25) is 0 Å². The van der Waals surface area contributed by atoms with E-state index in [1.54, 1.807) is 0 Å². The second-order valence-corrected chi connectivity index (χ2v) is 6.21. The Morgan fingerprint density at radius 1 is 1.50 bits per heavy atom. The Morgan fingerprint density at radius 2 is 2.35 bits per heavy atom. The lowest BCUT2D eigenvalue weighted by atomic mass is 10.0. The number of hydrogen-bond donors (Lipinski definition) is 1. The molecule has 1 saturated heterocycles. The second kappa shape index (κ2) is 7.47. The van der Waals surface area contributed by atoms with Gasteiger partial charge in [0.15, 0.2) is 0 Å². The largest absolute Gasteiger partial charge is 0.395 e. The van der Waals surface area contributed by atoms with Crippen molar-refractivity contribution in [2.45, 2.75) is 32.6 Å². The fourth-order valence-electron chi connectivity index (χ4n) is 2.37. The molecule has 1 amide bonds. The highest BCUT2D eigenvalue weighted by atomic mass is 32.1. The molecular formula is C16H21NO2S. The smallest absolute Gasteiger partial charge is 0.254 e. The molecule has 1 aliphatic rings. The summed E-state index contributed by atoms with van der Waals surface area (Å²) >= 11 is 1.50. The lowest BCUT2D eigenvalue weighted by Gasteiger charge is -2.19. The summed E-state index contributed by atoms with van der Waals surface area (Å²) in [6.07, 6.45) is 3.88. The van der Waals surface area contributed by atoms with Crippen LogP contribution in [0.5, 0.6) is 0 Å². The Bertz CT molecular complexity index is 512. The van der Waals surface area contributed by atoms with Crippen LogP contribution in [0.1, 0.15) is 47.8 Å². The van der Waals surface area contributed by atoms with Crippen molar-refractivity contribution in [1.29, 1.82) is 0 Å². The first-order chi connectivity index (χ1) is 9.70. The number of aliphatic hydroxyl groups is 1. The first-order valence-electron chi connectivity index (χ1n) is 7.18. The van der Waals surface area contributed by atoms with Gasteiger partial charge in [0, 0.05) is 24.9 Å². The molecule has 1 N–H and O–H groups in total. The summed E-state index contributed by atoms with van der Waals surface area (Å²) in [4.78, 5) is 15.3. The molecule has 3 nitrogen and oxygen atoms in total. The molecule has 2 heterocycles. The summed E-state index contributed by atoms with van der Waals surface area (Å²) in [7, 11) is 0. The average molecular weight is 291 g/mol. The van der Waals surface area contributed by atoms with Crippen LogP contribution in [0.4, 0.5) is 0 Å². The van der Waals surface area contributed by atoms with Crippen LogP contribution < -0.4 is 0 Å². The Kier molecular flexibility index (Phi) is 5.63. The van der Waals surface area contributed by atoms with Gasteiger partial charge in [0.1, 0.15) is 0 Å². The van der Waals surface area contributed by atoms with Gasteiger partial charge in [0.05, 0.1) is 17.0 Å². The topological polar surface area (TPSA) is 40.5 Å². The van der Waals surface area contributed by atoms with E-state index in [2.05, 4.69) is 18.8 Å². The second-order valence-electron chi connectivity index (χ2n) is 5.30. The predicted octanol–water partition coefficient (Wildman–Crippen LogP) is 2.74. The third-order valence-electron chi connectivity index (χ3n) is 3.60. The molecule has 0 bridgehead atoms. The summed E-state index contributed by atoms with van der Waals surface area (Å²) in [5.74, 6) is 6.71. The van der Waals surface area contributed by atoms with Gasteiger partial charge >= 0.3 is 0 Å². The van der Waals surface area contributed by atoms with Crippen molar-refractivity contribution < 1.29 is 9.90 Å². The van der Waals surface area contributed by atoms with Crippen molar-refractivity contribution >= 4 is 17.2 Å². The number of rotatable bonds is 2. The van der Waals surface area contributed by atoms with Gasteiger partial charge in [-0.2, -0.15) is 0 Å². The number of carbonyl (C=O) groups excluding carboxylic acids is 1. The van der Waals surface area contributed by atoms with Gasteiger partial charge in [0.25, 0.3) is 5.91 Å². The van der Waals surface area contributed by atoms with E-state index in [1.807, 2.05) is 16.3 Å². The molecular weight excluding hydrogens is 270 g/mol. The summed E-state index contributed by atoms with van der Waals surface area (Å²) in [5, 5.41) is 10.6. The maximum atomic E-state index is 12.4. The highest BCUT2D eigenvalue weighted by molar-refractivity contribution is 7.10. The monoisotopic (exact) mass is 291 g/mol. The Hall–Kier alpha value is -1.31. The van der Waals surface area contributed by atoms with Crippen molar-refractivity contribution in [3.05, 3.63) is 21.9 Å². The first kappa shape index (κ1) is 15.1. The first-order valence-corrected chi connectivity index (χ1v) is 8.06. The lowest BCUT2D eigenvalue weighted by molar-refractivity contribution is 0.0761. The maximum absolute atomic E-state index is 12.4. The molecule has 0 aromatic carbocycles. The molecule has 0 saturated carbocycles. The highest BCUT2D eigenvalue weighted by Gasteiger charge is 2.20. The molecule has 108 valence electrons. The van der Waals surface area contributed by atoms with E-state index in [0.717, 1.165) is 42.3 Å². The van der Waals surface area contributed by atoms with Crippen molar-refractivity contribution in [1.82, 2.24) is 4.90 Å². The lowest BCUT2D eigenvalue weighted by Crippen LogP contribution is -2.31. The summed E-state index contributed by atoms with van der Waals surface area (Å²) < 4.78 is 0. The summed E-state index contributed by atoms with van der Waals surface area (Å²) in [6, 6.07) is 1.87. The van der Waals surface area contributed by atoms with E-state index in [0.29, 0.717) is 6.42 Å². The van der Waals surface area contributed by atoms with Crippen molar-refractivity contribution in [3.8, 4) is 11.8 Å². The zero-order valence-electron chi connectivity index (χ0n) is 11.9. The minimum atomic E-state index is 0.0795. The number of nitrogens with zero attached hydrogens (tertiary/aromatic N) is 1. The van der Waals surface area contributed by atoms with E-state index < -0.39 is 0 Å². The number of amides is 1. The van der Waals surface area contributed by atoms with E-state index in [4.69, 9.17) is 5.11 Å². The molecule has 4 heteroatoms. The van der Waals surface area contributed by atoms with E-state index in [9.17, 15) is 4.79 Å². The Balaban J connectivity index is 2.00. The van der Waals surface area contributed by atoms with Crippen molar-refractivity contribution in [2.24, 2.45) is 5.92 Å². The van der Waals surface area contributed by atoms with Crippen LogP contribution in [-0.2, 0) is 0 Å². The molecule has 1 unspecified atom stereocenters. The molecule has 0 spiro atoms. The molecule has 2 rings (SSSR count). The van der Waals surface area contributed by atoms with Gasteiger partial charge in [-0.05, 0) is 31.2 Å². The molecule has 0 aliphatic carbocycles. The van der Waals surface area contributed by atoms with Crippen LogP contribution in [0.25, 0.3) is 0 Å². The summed E-state index contributed by atoms with van der Waals surface area (Å²) in [5.41, 5.74) is 0.748. The Morgan fingerprint density at radius 3 is 3.15 bits per heavy atom. The van der Waals surface area contributed by atoms with Gasteiger partial charge in [-0.25, -0.2) is 0 Å². The minimum Gasteiger partial charge on any atom is -0.395 e. The third-order valence-corrected chi connectivity index (χ3v) is 4.44. The fraction of sp³-hybridized carbons (Fsp3) is 0.562. The van der Waals surface area contributed by atoms with E-state index in [1.165, 1.54) is 17.8 Å². The quantitative estimate of drug-likeness (QED) is 0.851. The Labute approximate surface area is 124 Å². The van der Waals surface area contributed by atoms with Crippen molar-refractivity contribution in [3.63, 3.8) is 0 Å².